The van der Waals surface area contributed by atoms with Crippen LogP contribution in [0.1, 0.15) is 33.3 Å². The van der Waals surface area contributed by atoms with Crippen molar-refractivity contribution < 1.29 is 23.8 Å². The lowest BCUT2D eigenvalue weighted by Gasteiger charge is -2.20. The van der Waals surface area contributed by atoms with E-state index in [4.69, 9.17) is 14.2 Å². The minimum Gasteiger partial charge on any atom is -0.497 e. The molecular formula is C21H25NO5. The van der Waals surface area contributed by atoms with Crippen molar-refractivity contribution in [3.8, 4) is 17.0 Å². The third kappa shape index (κ3) is 5.74. The van der Waals surface area contributed by atoms with E-state index < -0.39 is 17.7 Å². The fourth-order valence-corrected chi connectivity index (χ4v) is 2.38. The van der Waals surface area contributed by atoms with Crippen molar-refractivity contribution in [3.63, 3.8) is 0 Å². The van der Waals surface area contributed by atoms with E-state index in [0.717, 1.165) is 11.3 Å². The molecule has 2 aromatic rings. The van der Waals surface area contributed by atoms with E-state index in [1.807, 2.05) is 45.0 Å². The Hall–Kier alpha value is -3.02. The van der Waals surface area contributed by atoms with Crippen LogP contribution in [0.25, 0.3) is 17.3 Å². The second kappa shape index (κ2) is 8.58. The van der Waals surface area contributed by atoms with Gasteiger partial charge in [0, 0.05) is 12.3 Å². The first-order chi connectivity index (χ1) is 12.7. The summed E-state index contributed by atoms with van der Waals surface area (Å²) in [4.78, 5) is 24.2. The Bertz CT molecular complexity index is 825. The Morgan fingerprint density at radius 1 is 1.15 bits per heavy atom. The van der Waals surface area contributed by atoms with Crippen LogP contribution in [0, 0.1) is 0 Å². The highest BCUT2D eigenvalue weighted by Gasteiger charge is 2.21. The molecule has 0 unspecified atom stereocenters. The molecular weight excluding hydrogens is 346 g/mol. The van der Waals surface area contributed by atoms with E-state index in [1.165, 1.54) is 10.6 Å². The molecule has 0 bridgehead atoms. The first kappa shape index (κ1) is 20.3. The van der Waals surface area contributed by atoms with Gasteiger partial charge in [0.05, 0.1) is 19.4 Å². The van der Waals surface area contributed by atoms with Crippen molar-refractivity contribution in [1.82, 2.24) is 4.57 Å². The van der Waals surface area contributed by atoms with Crippen molar-refractivity contribution in [2.75, 3.05) is 13.7 Å². The van der Waals surface area contributed by atoms with Gasteiger partial charge in [0.1, 0.15) is 11.4 Å². The maximum absolute atomic E-state index is 12.6. The van der Waals surface area contributed by atoms with Crippen LogP contribution < -0.4 is 4.74 Å². The van der Waals surface area contributed by atoms with E-state index in [-0.39, 0.29) is 0 Å². The number of carbonyl (C=O) groups excluding carboxylic acids is 2. The molecule has 27 heavy (non-hydrogen) atoms. The molecule has 0 fully saturated rings. The molecule has 6 heteroatoms. The van der Waals surface area contributed by atoms with Crippen molar-refractivity contribution in [3.05, 3.63) is 48.2 Å². The molecule has 2 rings (SSSR count). The summed E-state index contributed by atoms with van der Waals surface area (Å²) < 4.78 is 17.0. The lowest BCUT2D eigenvalue weighted by atomic mass is 10.1. The van der Waals surface area contributed by atoms with Crippen LogP contribution in [0.2, 0.25) is 0 Å². The molecule has 0 aliphatic rings. The maximum atomic E-state index is 12.6. The molecule has 0 spiro atoms. The summed E-state index contributed by atoms with van der Waals surface area (Å²) in [6.45, 7) is 7.47. The van der Waals surface area contributed by atoms with Crippen LogP contribution in [-0.2, 0) is 14.3 Å². The minimum absolute atomic E-state index is 0.305. The van der Waals surface area contributed by atoms with E-state index >= 15 is 0 Å². The monoisotopic (exact) mass is 371 g/mol. The third-order valence-electron chi connectivity index (χ3n) is 3.52. The van der Waals surface area contributed by atoms with Crippen molar-refractivity contribution in [1.29, 1.82) is 0 Å². The number of nitrogens with zero attached hydrogens (tertiary/aromatic N) is 1. The Labute approximate surface area is 159 Å². The molecule has 1 aromatic heterocycles. The predicted octanol–water partition coefficient (Wildman–Crippen LogP) is 4.52. The van der Waals surface area contributed by atoms with Gasteiger partial charge in [-0.25, -0.2) is 9.59 Å². The Morgan fingerprint density at radius 2 is 1.81 bits per heavy atom. The number of carbonyl (C=O) groups is 2. The van der Waals surface area contributed by atoms with Crippen LogP contribution in [-0.4, -0.2) is 35.9 Å². The quantitative estimate of drug-likeness (QED) is 0.571. The second-order valence-corrected chi connectivity index (χ2v) is 6.82. The average Bonchev–Trinajstić information content (AvgIpc) is 3.03. The number of ether oxygens (including phenoxy) is 3. The molecule has 0 atom stereocenters. The van der Waals surface area contributed by atoms with Gasteiger partial charge in [-0.15, -0.1) is 0 Å². The van der Waals surface area contributed by atoms with Gasteiger partial charge in [-0.2, -0.15) is 0 Å². The molecule has 0 aliphatic carbocycles. The van der Waals surface area contributed by atoms with Gasteiger partial charge < -0.3 is 14.2 Å². The van der Waals surface area contributed by atoms with Crippen LogP contribution in [0.4, 0.5) is 4.79 Å². The minimum atomic E-state index is -0.626. The molecule has 6 nitrogen and oxygen atoms in total. The average molecular weight is 371 g/mol. The molecule has 1 aromatic carbocycles. The third-order valence-corrected chi connectivity index (χ3v) is 3.52. The van der Waals surface area contributed by atoms with Gasteiger partial charge in [-0.05, 0) is 75.2 Å². The molecule has 144 valence electrons. The topological polar surface area (TPSA) is 66.8 Å². The van der Waals surface area contributed by atoms with Gasteiger partial charge in [-0.1, -0.05) is 0 Å². The normalized spacial score (nSPS) is 11.4. The van der Waals surface area contributed by atoms with Gasteiger partial charge in [0.15, 0.2) is 0 Å². The Kier molecular flexibility index (Phi) is 6.45. The summed E-state index contributed by atoms with van der Waals surface area (Å²) in [6, 6.07) is 9.15. The smallest absolute Gasteiger partial charge is 0.419 e. The fourth-order valence-electron chi connectivity index (χ4n) is 2.38. The predicted molar refractivity (Wildman–Crippen MR) is 104 cm³/mol. The number of aromatic nitrogens is 1. The molecule has 1 heterocycles. The number of hydrogen-bond acceptors (Lipinski definition) is 5. The highest BCUT2D eigenvalue weighted by molar-refractivity contribution is 5.88. The Morgan fingerprint density at radius 3 is 2.37 bits per heavy atom. The highest BCUT2D eigenvalue weighted by atomic mass is 16.6. The molecule has 0 amide bonds. The molecule has 0 saturated heterocycles. The van der Waals surface area contributed by atoms with Crippen LogP contribution in [0.3, 0.4) is 0 Å². The summed E-state index contributed by atoms with van der Waals surface area (Å²) in [6.07, 6.45) is 4.06. The van der Waals surface area contributed by atoms with E-state index in [9.17, 15) is 9.59 Å². The van der Waals surface area contributed by atoms with Gasteiger partial charge in [0.25, 0.3) is 0 Å². The number of esters is 1. The summed E-state index contributed by atoms with van der Waals surface area (Å²) >= 11 is 0. The lowest BCUT2D eigenvalue weighted by Crippen LogP contribution is -2.27. The zero-order valence-corrected chi connectivity index (χ0v) is 16.3. The summed E-state index contributed by atoms with van der Waals surface area (Å²) in [5, 5.41) is 0. The van der Waals surface area contributed by atoms with E-state index in [2.05, 4.69) is 0 Å². The summed E-state index contributed by atoms with van der Waals surface area (Å²) in [5.74, 6) is 0.282. The number of methoxy groups -OCH3 is 1. The van der Waals surface area contributed by atoms with Crippen molar-refractivity contribution in [2.24, 2.45) is 0 Å². The largest absolute Gasteiger partial charge is 0.497 e. The number of hydrogen-bond donors (Lipinski definition) is 0. The Balaban J connectivity index is 2.41. The van der Waals surface area contributed by atoms with Crippen LogP contribution in [0.15, 0.2) is 42.6 Å². The van der Waals surface area contributed by atoms with Gasteiger partial charge in [-0.3, -0.25) is 4.57 Å². The zero-order valence-electron chi connectivity index (χ0n) is 16.3. The van der Waals surface area contributed by atoms with Gasteiger partial charge >= 0.3 is 12.1 Å². The van der Waals surface area contributed by atoms with Crippen molar-refractivity contribution >= 4 is 18.1 Å². The van der Waals surface area contributed by atoms with Crippen LogP contribution in [0.5, 0.6) is 5.75 Å². The second-order valence-electron chi connectivity index (χ2n) is 6.82. The van der Waals surface area contributed by atoms with E-state index in [0.29, 0.717) is 17.9 Å². The number of benzene rings is 1. The van der Waals surface area contributed by atoms with E-state index in [1.54, 1.807) is 32.4 Å². The molecule has 0 saturated carbocycles. The zero-order chi connectivity index (χ0) is 20.0. The first-order valence-electron chi connectivity index (χ1n) is 8.68. The summed E-state index contributed by atoms with van der Waals surface area (Å²) in [5.41, 5.74) is 1.52. The molecule has 0 radical (unpaired) electrons. The fraction of sp³-hybridized carbons (Fsp3) is 0.333. The standard InChI is InChI=1S/C21H25NO5/c1-6-26-19(23)12-7-15-13-18(16-8-10-17(25-5)11-9-16)22(14-15)20(24)27-21(2,3)4/h7-14H,6H2,1-5H3. The number of rotatable bonds is 5. The maximum Gasteiger partial charge on any atom is 0.419 e. The first-order valence-corrected chi connectivity index (χ1v) is 8.68. The SMILES string of the molecule is CCOC(=O)C=Cc1cc(-c2ccc(OC)cc2)n(C(=O)OC(C)(C)C)c1. The highest BCUT2D eigenvalue weighted by Crippen LogP contribution is 2.26. The molecule has 0 N–H and O–H groups in total. The molecule has 0 aliphatic heterocycles. The van der Waals surface area contributed by atoms with Crippen LogP contribution >= 0.6 is 0 Å². The van der Waals surface area contributed by atoms with Gasteiger partial charge in [0.2, 0.25) is 0 Å². The van der Waals surface area contributed by atoms with Crippen molar-refractivity contribution in [2.45, 2.75) is 33.3 Å². The lowest BCUT2D eigenvalue weighted by molar-refractivity contribution is -0.137. The summed E-state index contributed by atoms with van der Waals surface area (Å²) in [7, 11) is 1.59.